The molecule has 2 unspecified atom stereocenters. The van der Waals surface area contributed by atoms with Crippen molar-refractivity contribution in [2.24, 2.45) is 9.98 Å². The topological polar surface area (TPSA) is 112 Å². The second-order valence-corrected chi connectivity index (χ2v) is 15.9. The van der Waals surface area contributed by atoms with E-state index in [0.29, 0.717) is 52.0 Å². The zero-order chi connectivity index (χ0) is 37.2. The average molecular weight is 772 g/mol. The van der Waals surface area contributed by atoms with E-state index in [-0.39, 0.29) is 34.7 Å². The van der Waals surface area contributed by atoms with E-state index in [9.17, 15) is 17.3 Å². The molecule has 0 radical (unpaired) electrons. The van der Waals surface area contributed by atoms with Crippen molar-refractivity contribution in [3.63, 3.8) is 0 Å². The molecule has 2 atom stereocenters. The highest BCUT2D eigenvalue weighted by atomic mass is 32.2. The maximum absolute atomic E-state index is 15.1. The third-order valence-corrected chi connectivity index (χ3v) is 11.5. The van der Waals surface area contributed by atoms with Crippen LogP contribution in [0.1, 0.15) is 29.7 Å². The van der Waals surface area contributed by atoms with Crippen molar-refractivity contribution < 1.29 is 26.7 Å². The molecule has 1 aromatic heterocycles. The standard InChI is InChI=1S/C36H40F3N7O3S3/c1-24(2)36-43-34(25-9-12-32(49-39)30(21-25)44-52(48)33-8-6-5-7-27(33)37)35(50-36)29(40-3)13-14-41-23-42-26-10-11-31(28(38)22-26)46-17-15-45(16-18-46)19-20-51(4)47/h5-14,21-22,24,42,44H,3,15-20,23H2,1-2,4H3/b29-13-,41-14-. The van der Waals surface area contributed by atoms with Gasteiger partial charge in [0.25, 0.3) is 0 Å². The van der Waals surface area contributed by atoms with Crippen molar-refractivity contribution in [1.29, 1.82) is 0 Å². The van der Waals surface area contributed by atoms with E-state index in [4.69, 9.17) is 4.98 Å². The summed E-state index contributed by atoms with van der Waals surface area (Å²) in [5.74, 6) is -0.509. The second kappa shape index (κ2) is 18.4. The molecule has 0 aliphatic carbocycles. The zero-order valence-corrected chi connectivity index (χ0v) is 31.4. The minimum atomic E-state index is -2.05. The van der Waals surface area contributed by atoms with Gasteiger partial charge in [0.1, 0.15) is 18.3 Å². The molecule has 52 heavy (non-hydrogen) atoms. The number of nitrogens with zero attached hydrogens (tertiary/aromatic N) is 5. The van der Waals surface area contributed by atoms with Gasteiger partial charge >= 0.3 is 0 Å². The van der Waals surface area contributed by atoms with Crippen LogP contribution in [0.2, 0.25) is 0 Å². The third kappa shape index (κ3) is 9.93. The number of allylic oxidation sites excluding steroid dienone is 1. The summed E-state index contributed by atoms with van der Waals surface area (Å²) in [5.41, 5.74) is 2.72. The van der Waals surface area contributed by atoms with Gasteiger partial charge in [-0.3, -0.25) is 28.8 Å². The molecule has 5 rings (SSSR count). The quantitative estimate of drug-likeness (QED) is 0.115. The summed E-state index contributed by atoms with van der Waals surface area (Å²) in [4.78, 5) is 22.3. The normalized spacial score (nSPS) is 15.2. The van der Waals surface area contributed by atoms with Crippen molar-refractivity contribution in [2.75, 3.05) is 66.3 Å². The molecule has 0 spiro atoms. The van der Waals surface area contributed by atoms with Crippen LogP contribution in [0.15, 0.2) is 81.6 Å². The fraction of sp³-hybridized carbons (Fsp3) is 0.306. The Morgan fingerprint density at radius 3 is 2.52 bits per heavy atom. The van der Waals surface area contributed by atoms with E-state index in [1.54, 1.807) is 36.7 Å². The molecule has 2 heterocycles. The molecular weight excluding hydrogens is 732 g/mol. The molecule has 0 amide bonds. The molecule has 276 valence electrons. The molecule has 0 saturated carbocycles. The fourth-order valence-corrected chi connectivity index (χ4v) is 7.89. The smallest absolute Gasteiger partial charge is 0.195 e. The van der Waals surface area contributed by atoms with Crippen LogP contribution in [0.5, 0.6) is 5.75 Å². The number of hydrogen-bond donors (Lipinski definition) is 2. The van der Waals surface area contributed by atoms with Gasteiger partial charge in [-0.1, -0.05) is 26.0 Å². The summed E-state index contributed by atoms with van der Waals surface area (Å²) in [5, 5.41) is 3.92. The Labute approximate surface area is 310 Å². The van der Waals surface area contributed by atoms with Crippen LogP contribution in [0.3, 0.4) is 0 Å². The summed E-state index contributed by atoms with van der Waals surface area (Å²) in [6, 6.07) is 15.1. The lowest BCUT2D eigenvalue weighted by molar-refractivity contribution is -0.00520. The number of nitrogens with one attached hydrogen (secondary N) is 2. The lowest BCUT2D eigenvalue weighted by atomic mass is 10.1. The molecule has 1 fully saturated rings. The second-order valence-electron chi connectivity index (χ2n) is 12.1. The number of rotatable bonds is 16. The largest absolute Gasteiger partial charge is 0.367 e. The van der Waals surface area contributed by atoms with Gasteiger partial charge in [-0.25, -0.2) is 18.0 Å². The summed E-state index contributed by atoms with van der Waals surface area (Å²) in [6.07, 6.45) is 4.96. The number of hydrogen-bond acceptors (Lipinski definition) is 10. The zero-order valence-electron chi connectivity index (χ0n) is 29.0. The molecule has 1 aliphatic rings. The predicted molar refractivity (Wildman–Crippen MR) is 208 cm³/mol. The van der Waals surface area contributed by atoms with Gasteiger partial charge < -0.3 is 10.2 Å². The average Bonchev–Trinajstić information content (AvgIpc) is 3.58. The highest BCUT2D eigenvalue weighted by Crippen LogP contribution is 2.39. The predicted octanol–water partition coefficient (Wildman–Crippen LogP) is 7.29. The van der Waals surface area contributed by atoms with Crippen LogP contribution in [0.4, 0.5) is 30.4 Å². The lowest BCUT2D eigenvalue weighted by Gasteiger charge is -2.36. The van der Waals surface area contributed by atoms with E-state index < -0.39 is 27.6 Å². The SMILES string of the molecule is C=N/C(=C\C=N/CNc1ccc(N2CCN(CCS(C)=O)CC2)c(F)c1)c1sc(C(C)C)nc1-c1ccc(OF)c(NS(=O)c2ccccc2F)c1. The fourth-order valence-electron chi connectivity index (χ4n) is 5.38. The molecule has 4 aromatic rings. The number of piperazine rings is 1. The van der Waals surface area contributed by atoms with E-state index in [0.717, 1.165) is 24.6 Å². The first-order chi connectivity index (χ1) is 25.1. The van der Waals surface area contributed by atoms with E-state index in [1.165, 1.54) is 47.7 Å². The molecule has 1 saturated heterocycles. The number of thiazole rings is 1. The van der Waals surface area contributed by atoms with Gasteiger partial charge in [-0.2, -0.15) is 0 Å². The van der Waals surface area contributed by atoms with E-state index >= 15 is 4.39 Å². The van der Waals surface area contributed by atoms with Gasteiger partial charge in [0, 0.05) is 83.4 Å². The summed E-state index contributed by atoms with van der Waals surface area (Å²) < 4.78 is 69.9. The molecule has 2 N–H and O–H groups in total. The molecule has 0 bridgehead atoms. The maximum Gasteiger partial charge on any atom is 0.195 e. The molecule has 3 aromatic carbocycles. The summed E-state index contributed by atoms with van der Waals surface area (Å²) in [6.45, 7) is 11.7. The summed E-state index contributed by atoms with van der Waals surface area (Å²) >= 11 is 1.42. The Morgan fingerprint density at radius 2 is 1.85 bits per heavy atom. The Morgan fingerprint density at radius 1 is 1.08 bits per heavy atom. The Balaban J connectivity index is 1.28. The van der Waals surface area contributed by atoms with E-state index in [2.05, 4.69) is 36.6 Å². The Bertz CT molecular complexity index is 1980. The Kier molecular flexibility index (Phi) is 13.7. The van der Waals surface area contributed by atoms with Crippen LogP contribution in [0.25, 0.3) is 17.0 Å². The Hall–Kier alpha value is -4.38. The minimum absolute atomic E-state index is 0.0329. The van der Waals surface area contributed by atoms with Crippen LogP contribution in [0, 0.1) is 11.6 Å². The lowest BCUT2D eigenvalue weighted by Crippen LogP contribution is -2.47. The van der Waals surface area contributed by atoms with Crippen molar-refractivity contribution in [3.05, 3.63) is 88.3 Å². The minimum Gasteiger partial charge on any atom is -0.367 e. The number of anilines is 3. The highest BCUT2D eigenvalue weighted by molar-refractivity contribution is 7.86. The number of aliphatic imine (C=N–C) groups is 2. The maximum atomic E-state index is 15.1. The van der Waals surface area contributed by atoms with Crippen LogP contribution < -0.4 is 19.9 Å². The highest BCUT2D eigenvalue weighted by Gasteiger charge is 2.22. The number of benzene rings is 3. The van der Waals surface area contributed by atoms with Gasteiger partial charge in [-0.15, -0.1) is 11.3 Å². The van der Waals surface area contributed by atoms with Gasteiger partial charge in [0.05, 0.1) is 37.5 Å². The molecule has 1 aliphatic heterocycles. The van der Waals surface area contributed by atoms with Crippen molar-refractivity contribution in [1.82, 2.24) is 9.88 Å². The first kappa shape index (κ1) is 38.8. The summed E-state index contributed by atoms with van der Waals surface area (Å²) in [7, 11) is -2.88. The number of aromatic nitrogens is 1. The van der Waals surface area contributed by atoms with Gasteiger partial charge in [0.15, 0.2) is 16.7 Å². The van der Waals surface area contributed by atoms with Crippen molar-refractivity contribution >= 4 is 68.8 Å². The van der Waals surface area contributed by atoms with Crippen molar-refractivity contribution in [2.45, 2.75) is 24.7 Å². The molecular formula is C36H40F3N7O3S3. The van der Waals surface area contributed by atoms with Crippen molar-refractivity contribution in [3.8, 4) is 17.0 Å². The third-order valence-electron chi connectivity index (χ3n) is 8.18. The number of halogens is 3. The van der Waals surface area contributed by atoms with Crippen LogP contribution in [-0.2, 0) is 21.8 Å². The van der Waals surface area contributed by atoms with Gasteiger partial charge in [-0.05, 0) is 61.3 Å². The molecule has 16 heteroatoms. The van der Waals surface area contributed by atoms with E-state index in [1.807, 2.05) is 24.8 Å². The van der Waals surface area contributed by atoms with Crippen LogP contribution >= 0.6 is 11.3 Å². The molecule has 10 nitrogen and oxygen atoms in total. The van der Waals surface area contributed by atoms with Crippen LogP contribution in [-0.4, -0.2) is 82.6 Å². The first-order valence-electron chi connectivity index (χ1n) is 16.4. The van der Waals surface area contributed by atoms with Gasteiger partial charge in [0.2, 0.25) is 0 Å². The first-order valence-corrected chi connectivity index (χ1v) is 20.1. The monoisotopic (exact) mass is 771 g/mol.